The van der Waals surface area contributed by atoms with Gasteiger partial charge >= 0.3 is 0 Å². The van der Waals surface area contributed by atoms with Crippen molar-refractivity contribution in [2.24, 2.45) is 0 Å². The second kappa shape index (κ2) is 12.9. The van der Waals surface area contributed by atoms with Crippen LogP contribution in [0, 0.1) is 0 Å². The van der Waals surface area contributed by atoms with Gasteiger partial charge in [-0.15, -0.1) is 0 Å². The number of carbonyl (C=O) groups excluding carboxylic acids is 2. The van der Waals surface area contributed by atoms with Crippen LogP contribution in [0.3, 0.4) is 0 Å². The van der Waals surface area contributed by atoms with E-state index >= 15 is 0 Å². The van der Waals surface area contributed by atoms with Gasteiger partial charge in [0.25, 0.3) is 11.7 Å². The van der Waals surface area contributed by atoms with Crippen molar-refractivity contribution in [1.82, 2.24) is 9.80 Å². The Morgan fingerprint density at radius 1 is 1.06 bits per heavy atom. The smallest absolute Gasteiger partial charge is 0.295 e. The Kier molecular flexibility index (Phi) is 9.70. The summed E-state index contributed by atoms with van der Waals surface area (Å²) >= 11 is 0. The van der Waals surface area contributed by atoms with Crippen LogP contribution in [0.2, 0.25) is 0 Å². The van der Waals surface area contributed by atoms with Gasteiger partial charge in [0, 0.05) is 12.1 Å². The molecule has 3 rings (SSSR count). The van der Waals surface area contributed by atoms with Crippen LogP contribution in [0.1, 0.15) is 44.4 Å². The van der Waals surface area contributed by atoms with Crippen molar-refractivity contribution < 1.29 is 24.2 Å². The molecular weight excluding hydrogens is 456 g/mol. The molecule has 1 N–H and O–H groups in total. The van der Waals surface area contributed by atoms with Crippen LogP contribution in [-0.2, 0) is 9.59 Å². The van der Waals surface area contributed by atoms with E-state index < -0.39 is 17.7 Å². The van der Waals surface area contributed by atoms with Crippen LogP contribution < -0.4 is 9.47 Å². The number of ketones is 1. The Bertz CT molecular complexity index is 1090. The average molecular weight is 493 g/mol. The summed E-state index contributed by atoms with van der Waals surface area (Å²) in [7, 11) is 0. The number of aliphatic hydroxyl groups excluding tert-OH is 1. The van der Waals surface area contributed by atoms with Crippen molar-refractivity contribution in [3.63, 3.8) is 0 Å². The summed E-state index contributed by atoms with van der Waals surface area (Å²) in [6.07, 6.45) is 2.36. The number of ether oxygens (including phenoxy) is 2. The minimum atomic E-state index is -0.722. The lowest BCUT2D eigenvalue weighted by molar-refractivity contribution is -0.140. The third kappa shape index (κ3) is 6.15. The molecule has 1 saturated heterocycles. The first-order valence-corrected chi connectivity index (χ1v) is 12.5. The predicted octanol–water partition coefficient (Wildman–Crippen LogP) is 4.80. The lowest BCUT2D eigenvalue weighted by Gasteiger charge is -2.27. The highest BCUT2D eigenvalue weighted by molar-refractivity contribution is 6.46. The fourth-order valence-corrected chi connectivity index (χ4v) is 4.42. The van der Waals surface area contributed by atoms with Gasteiger partial charge in [0.2, 0.25) is 0 Å². The number of benzene rings is 2. The summed E-state index contributed by atoms with van der Waals surface area (Å²) in [4.78, 5) is 30.3. The molecule has 0 unspecified atom stereocenters. The molecule has 2 aromatic carbocycles. The molecule has 1 aliphatic rings. The Morgan fingerprint density at radius 2 is 1.78 bits per heavy atom. The number of nitrogens with zero attached hydrogens (tertiary/aromatic N) is 2. The number of amides is 1. The van der Waals surface area contributed by atoms with Crippen LogP contribution in [0.5, 0.6) is 11.5 Å². The van der Waals surface area contributed by atoms with Gasteiger partial charge < -0.3 is 24.4 Å². The van der Waals surface area contributed by atoms with Crippen LogP contribution in [0.4, 0.5) is 0 Å². The van der Waals surface area contributed by atoms with E-state index in [9.17, 15) is 14.7 Å². The second-order valence-electron chi connectivity index (χ2n) is 8.50. The number of hydrogen-bond donors (Lipinski definition) is 1. The molecule has 0 spiro atoms. The molecule has 1 atom stereocenters. The van der Waals surface area contributed by atoms with E-state index in [1.165, 1.54) is 0 Å². The van der Waals surface area contributed by atoms with Crippen molar-refractivity contribution in [1.29, 1.82) is 0 Å². The first kappa shape index (κ1) is 27.0. The highest BCUT2D eigenvalue weighted by Crippen LogP contribution is 2.40. The molecule has 0 bridgehead atoms. The van der Waals surface area contributed by atoms with Gasteiger partial charge in [0.15, 0.2) is 0 Å². The minimum Gasteiger partial charge on any atom is -0.507 e. The maximum absolute atomic E-state index is 13.3. The number of likely N-dealkylation sites (tertiary alicyclic amines) is 1. The Labute approximate surface area is 213 Å². The third-order valence-corrected chi connectivity index (χ3v) is 6.29. The zero-order valence-corrected chi connectivity index (χ0v) is 21.4. The molecule has 1 amide bonds. The molecule has 0 saturated carbocycles. The second-order valence-corrected chi connectivity index (χ2v) is 8.50. The molecule has 192 valence electrons. The third-order valence-electron chi connectivity index (χ3n) is 6.29. The minimum absolute atomic E-state index is 0.0767. The molecular formula is C29H36N2O5. The first-order valence-electron chi connectivity index (χ1n) is 12.5. The molecule has 0 radical (unpaired) electrons. The van der Waals surface area contributed by atoms with E-state index in [0.29, 0.717) is 48.8 Å². The predicted molar refractivity (Wildman–Crippen MR) is 141 cm³/mol. The van der Waals surface area contributed by atoms with Crippen LogP contribution >= 0.6 is 0 Å². The van der Waals surface area contributed by atoms with Gasteiger partial charge in [-0.3, -0.25) is 9.59 Å². The van der Waals surface area contributed by atoms with E-state index in [1.807, 2.05) is 31.2 Å². The van der Waals surface area contributed by atoms with Crippen LogP contribution in [0.25, 0.3) is 5.76 Å². The molecule has 2 aromatic rings. The number of rotatable bonds is 13. The SMILES string of the molecule is C=CCOc1cccc([C@H]2/C(=C(\O)c3ccc(OCC)cc3)C(=O)C(=O)N2CCCN(CC)CC)c1. The first-order chi connectivity index (χ1) is 17.4. The quantitative estimate of drug-likeness (QED) is 0.187. The molecule has 0 aromatic heterocycles. The molecule has 7 heteroatoms. The summed E-state index contributed by atoms with van der Waals surface area (Å²) in [5.41, 5.74) is 1.22. The number of carbonyl (C=O) groups is 2. The molecule has 36 heavy (non-hydrogen) atoms. The van der Waals surface area contributed by atoms with Crippen molar-refractivity contribution in [3.8, 4) is 11.5 Å². The molecule has 0 aliphatic carbocycles. The highest BCUT2D eigenvalue weighted by Gasteiger charge is 2.45. The van der Waals surface area contributed by atoms with Crippen molar-refractivity contribution in [2.45, 2.75) is 33.2 Å². The van der Waals surface area contributed by atoms with E-state index in [0.717, 1.165) is 19.6 Å². The largest absolute Gasteiger partial charge is 0.507 e. The van der Waals surface area contributed by atoms with Gasteiger partial charge in [-0.1, -0.05) is 38.6 Å². The fourth-order valence-electron chi connectivity index (χ4n) is 4.42. The van der Waals surface area contributed by atoms with E-state index in [-0.39, 0.29) is 11.3 Å². The lowest BCUT2D eigenvalue weighted by Crippen LogP contribution is -2.33. The normalized spacial score (nSPS) is 17.0. The zero-order valence-electron chi connectivity index (χ0n) is 21.4. The average Bonchev–Trinajstić information content (AvgIpc) is 3.15. The molecule has 1 aliphatic heterocycles. The molecule has 7 nitrogen and oxygen atoms in total. The van der Waals surface area contributed by atoms with Gasteiger partial charge in [0.1, 0.15) is 23.9 Å². The summed E-state index contributed by atoms with van der Waals surface area (Å²) in [5.74, 6) is -0.238. The van der Waals surface area contributed by atoms with Crippen LogP contribution in [0.15, 0.2) is 66.8 Å². The summed E-state index contributed by atoms with van der Waals surface area (Å²) in [5, 5.41) is 11.3. The Balaban J connectivity index is 2.03. The van der Waals surface area contributed by atoms with Gasteiger partial charge in [-0.2, -0.15) is 0 Å². The summed E-state index contributed by atoms with van der Waals surface area (Å²) in [6, 6.07) is 13.4. The van der Waals surface area contributed by atoms with Crippen molar-refractivity contribution in [3.05, 3.63) is 77.9 Å². The monoisotopic (exact) mass is 492 g/mol. The standard InChI is InChI=1S/C29H36N2O5/c1-5-19-36-24-12-9-11-22(20-24)26-25(27(32)21-13-15-23(16-14-21)35-8-4)28(33)29(34)31(26)18-10-17-30(6-2)7-3/h5,9,11-16,20,26,32H,1,6-8,10,17-19H2,2-4H3/b27-25+/t26-/m0/s1. The van der Waals surface area contributed by atoms with E-state index in [2.05, 4.69) is 25.3 Å². The number of Topliss-reactive ketones (excluding diaryl/α,β-unsaturated/α-hetero) is 1. The van der Waals surface area contributed by atoms with Gasteiger partial charge in [0.05, 0.1) is 18.2 Å². The molecule has 1 heterocycles. The van der Waals surface area contributed by atoms with E-state index in [1.54, 1.807) is 35.2 Å². The summed E-state index contributed by atoms with van der Waals surface area (Å²) in [6.45, 7) is 13.7. The summed E-state index contributed by atoms with van der Waals surface area (Å²) < 4.78 is 11.2. The van der Waals surface area contributed by atoms with Crippen LogP contribution in [-0.4, -0.2) is 66.0 Å². The Morgan fingerprint density at radius 3 is 2.42 bits per heavy atom. The van der Waals surface area contributed by atoms with Crippen molar-refractivity contribution in [2.75, 3.05) is 39.4 Å². The van der Waals surface area contributed by atoms with Crippen molar-refractivity contribution >= 4 is 17.4 Å². The topological polar surface area (TPSA) is 79.3 Å². The fraction of sp³-hybridized carbons (Fsp3) is 0.379. The maximum Gasteiger partial charge on any atom is 0.295 e. The van der Waals surface area contributed by atoms with Gasteiger partial charge in [-0.05, 0) is 74.9 Å². The number of aliphatic hydroxyl groups is 1. The number of hydrogen-bond acceptors (Lipinski definition) is 6. The van der Waals surface area contributed by atoms with Gasteiger partial charge in [-0.25, -0.2) is 0 Å². The Hall–Kier alpha value is -3.58. The molecule has 1 fully saturated rings. The highest BCUT2D eigenvalue weighted by atomic mass is 16.5. The maximum atomic E-state index is 13.3. The zero-order chi connectivity index (χ0) is 26.1. The van der Waals surface area contributed by atoms with E-state index in [4.69, 9.17) is 9.47 Å². The lowest BCUT2D eigenvalue weighted by atomic mass is 9.95.